The van der Waals surface area contributed by atoms with E-state index in [2.05, 4.69) is 10.3 Å². The maximum absolute atomic E-state index is 12.7. The lowest BCUT2D eigenvalue weighted by Gasteiger charge is -2.19. The van der Waals surface area contributed by atoms with Gasteiger partial charge in [-0.1, -0.05) is 0 Å². The van der Waals surface area contributed by atoms with Gasteiger partial charge in [0.15, 0.2) is 0 Å². The first-order chi connectivity index (χ1) is 7.99. The highest BCUT2D eigenvalue weighted by molar-refractivity contribution is 5.08. The fraction of sp³-hybridized carbons (Fsp3) is 0.583. The van der Waals surface area contributed by atoms with Crippen LogP contribution >= 0.6 is 0 Å². The van der Waals surface area contributed by atoms with Gasteiger partial charge in [0.25, 0.3) is 0 Å². The fourth-order valence-electron chi connectivity index (χ4n) is 1.55. The van der Waals surface area contributed by atoms with Gasteiger partial charge in [-0.2, -0.15) is 0 Å². The fourth-order valence-corrected chi connectivity index (χ4v) is 1.55. The molecule has 5 heteroatoms. The third-order valence-corrected chi connectivity index (χ3v) is 2.43. The molecule has 17 heavy (non-hydrogen) atoms. The third-order valence-electron chi connectivity index (χ3n) is 2.43. The molecule has 0 aromatic carbocycles. The van der Waals surface area contributed by atoms with Crippen LogP contribution < -0.4 is 5.32 Å². The highest BCUT2D eigenvalue weighted by Gasteiger charge is 2.10. The van der Waals surface area contributed by atoms with Gasteiger partial charge >= 0.3 is 0 Å². The van der Waals surface area contributed by atoms with Crippen molar-refractivity contribution in [3.8, 4) is 0 Å². The van der Waals surface area contributed by atoms with Crippen molar-refractivity contribution < 1.29 is 9.50 Å². The molecular weight excluding hydrogens is 221 g/mol. The minimum Gasteiger partial charge on any atom is -0.390 e. The van der Waals surface area contributed by atoms with E-state index in [-0.39, 0.29) is 11.9 Å². The Morgan fingerprint density at radius 3 is 2.71 bits per heavy atom. The number of aromatic nitrogens is 1. The van der Waals surface area contributed by atoms with Crippen molar-refractivity contribution in [3.63, 3.8) is 0 Å². The number of nitrogens with zero attached hydrogens (tertiary/aromatic N) is 2. The molecule has 1 heterocycles. The second-order valence-electron chi connectivity index (χ2n) is 4.45. The van der Waals surface area contributed by atoms with Gasteiger partial charge in [0.1, 0.15) is 5.82 Å². The zero-order valence-electron chi connectivity index (χ0n) is 10.5. The van der Waals surface area contributed by atoms with Crippen LogP contribution in [-0.4, -0.2) is 48.3 Å². The van der Waals surface area contributed by atoms with E-state index in [1.54, 1.807) is 6.07 Å². The van der Waals surface area contributed by atoms with Gasteiger partial charge in [0.05, 0.1) is 18.0 Å². The van der Waals surface area contributed by atoms with E-state index >= 15 is 0 Å². The van der Waals surface area contributed by atoms with Gasteiger partial charge in [-0.3, -0.25) is 4.98 Å². The Labute approximate surface area is 101 Å². The summed E-state index contributed by atoms with van der Waals surface area (Å²) in [5, 5.41) is 12.8. The van der Waals surface area contributed by atoms with Gasteiger partial charge in [0.2, 0.25) is 0 Å². The number of nitrogens with one attached hydrogen (secondary N) is 1. The zero-order valence-corrected chi connectivity index (χ0v) is 10.5. The van der Waals surface area contributed by atoms with Crippen LogP contribution in [0.25, 0.3) is 0 Å². The van der Waals surface area contributed by atoms with E-state index in [0.717, 1.165) is 5.69 Å². The minimum atomic E-state index is -0.423. The molecule has 0 aliphatic carbocycles. The van der Waals surface area contributed by atoms with Crippen molar-refractivity contribution in [2.24, 2.45) is 0 Å². The zero-order chi connectivity index (χ0) is 12.8. The molecule has 1 aromatic heterocycles. The number of aliphatic hydroxyl groups excluding tert-OH is 1. The molecule has 2 N–H and O–H groups in total. The van der Waals surface area contributed by atoms with Gasteiger partial charge in [0, 0.05) is 19.1 Å². The number of pyridine rings is 1. The summed E-state index contributed by atoms with van der Waals surface area (Å²) in [5.74, 6) is -0.339. The number of hydrogen-bond donors (Lipinski definition) is 2. The minimum absolute atomic E-state index is 0.00703. The largest absolute Gasteiger partial charge is 0.390 e. The van der Waals surface area contributed by atoms with E-state index < -0.39 is 6.10 Å². The molecule has 2 atom stereocenters. The number of rotatable bonds is 6. The van der Waals surface area contributed by atoms with E-state index in [1.165, 1.54) is 12.3 Å². The maximum Gasteiger partial charge on any atom is 0.141 e. The lowest BCUT2D eigenvalue weighted by molar-refractivity contribution is 0.132. The normalized spacial score (nSPS) is 14.9. The number of hydrogen-bond acceptors (Lipinski definition) is 4. The summed E-state index contributed by atoms with van der Waals surface area (Å²) in [6, 6.07) is 3.02. The van der Waals surface area contributed by atoms with Crippen molar-refractivity contribution in [2.45, 2.75) is 19.1 Å². The first-order valence-electron chi connectivity index (χ1n) is 5.66. The van der Waals surface area contributed by atoms with Crippen LogP contribution in [0, 0.1) is 5.82 Å². The van der Waals surface area contributed by atoms with Crippen LogP contribution in [0.4, 0.5) is 4.39 Å². The molecule has 0 amide bonds. The number of likely N-dealkylation sites (N-methyl/N-ethyl adjacent to an activating group) is 1. The van der Waals surface area contributed by atoms with Crippen molar-refractivity contribution in [1.29, 1.82) is 0 Å². The van der Waals surface area contributed by atoms with Crippen LogP contribution in [-0.2, 0) is 0 Å². The topological polar surface area (TPSA) is 48.4 Å². The van der Waals surface area contributed by atoms with E-state index in [0.29, 0.717) is 13.1 Å². The maximum atomic E-state index is 12.7. The smallest absolute Gasteiger partial charge is 0.141 e. The Kier molecular flexibility index (Phi) is 5.47. The molecule has 0 fully saturated rings. The molecule has 0 spiro atoms. The summed E-state index contributed by atoms with van der Waals surface area (Å²) < 4.78 is 12.7. The molecule has 0 saturated carbocycles. The van der Waals surface area contributed by atoms with Crippen molar-refractivity contribution in [1.82, 2.24) is 15.2 Å². The molecule has 2 unspecified atom stereocenters. The lowest BCUT2D eigenvalue weighted by Crippen LogP contribution is -2.36. The van der Waals surface area contributed by atoms with Crippen molar-refractivity contribution >= 4 is 0 Å². The summed E-state index contributed by atoms with van der Waals surface area (Å²) in [4.78, 5) is 5.91. The second-order valence-corrected chi connectivity index (χ2v) is 4.45. The summed E-state index contributed by atoms with van der Waals surface area (Å²) in [5.41, 5.74) is 0.767. The molecule has 96 valence electrons. The van der Waals surface area contributed by atoms with Crippen LogP contribution in [0.2, 0.25) is 0 Å². The van der Waals surface area contributed by atoms with Crippen LogP contribution in [0.15, 0.2) is 18.3 Å². The monoisotopic (exact) mass is 241 g/mol. The van der Waals surface area contributed by atoms with Gasteiger partial charge < -0.3 is 15.3 Å². The second kappa shape index (κ2) is 6.64. The Bertz CT molecular complexity index is 329. The van der Waals surface area contributed by atoms with E-state index in [1.807, 2.05) is 25.9 Å². The Balaban J connectivity index is 2.39. The lowest BCUT2D eigenvalue weighted by atomic mass is 10.2. The summed E-state index contributed by atoms with van der Waals surface area (Å²) in [6.07, 6.45) is 0.775. The van der Waals surface area contributed by atoms with Crippen molar-refractivity contribution in [2.75, 3.05) is 27.2 Å². The molecule has 0 saturated heterocycles. The van der Waals surface area contributed by atoms with Crippen LogP contribution in [0.1, 0.15) is 18.7 Å². The van der Waals surface area contributed by atoms with Crippen LogP contribution in [0.5, 0.6) is 0 Å². The summed E-state index contributed by atoms with van der Waals surface area (Å²) in [7, 11) is 3.82. The molecule has 0 bridgehead atoms. The molecule has 4 nitrogen and oxygen atoms in total. The van der Waals surface area contributed by atoms with E-state index in [9.17, 15) is 9.50 Å². The van der Waals surface area contributed by atoms with Gasteiger partial charge in [-0.25, -0.2) is 4.39 Å². The predicted octanol–water partition coefficient (Wildman–Crippen LogP) is 0.794. The summed E-state index contributed by atoms with van der Waals surface area (Å²) >= 11 is 0. The van der Waals surface area contributed by atoms with Crippen LogP contribution in [0.3, 0.4) is 0 Å². The number of halogens is 1. The number of aliphatic hydroxyl groups is 1. The quantitative estimate of drug-likeness (QED) is 0.773. The van der Waals surface area contributed by atoms with E-state index in [4.69, 9.17) is 0 Å². The van der Waals surface area contributed by atoms with Gasteiger partial charge in [-0.15, -0.1) is 0 Å². The first kappa shape index (κ1) is 14.0. The molecule has 0 radical (unpaired) electrons. The summed E-state index contributed by atoms with van der Waals surface area (Å²) in [6.45, 7) is 3.03. The average molecular weight is 241 g/mol. The average Bonchev–Trinajstić information content (AvgIpc) is 2.26. The predicted molar refractivity (Wildman–Crippen MR) is 65.2 cm³/mol. The molecule has 1 rings (SSSR count). The van der Waals surface area contributed by atoms with Gasteiger partial charge in [-0.05, 0) is 33.2 Å². The molecule has 0 aliphatic heterocycles. The highest BCUT2D eigenvalue weighted by atomic mass is 19.1. The standard InChI is InChI=1S/C12H20FN3O/c1-9(12-5-4-10(13)6-15-12)14-7-11(17)8-16(2)3/h4-6,9,11,14,17H,7-8H2,1-3H3. The Hall–Kier alpha value is -1.04. The Morgan fingerprint density at radius 2 is 2.18 bits per heavy atom. The molecule has 1 aromatic rings. The van der Waals surface area contributed by atoms with Crippen molar-refractivity contribution in [3.05, 3.63) is 29.8 Å². The third kappa shape index (κ3) is 5.21. The molecular formula is C12H20FN3O. The Morgan fingerprint density at radius 1 is 1.47 bits per heavy atom. The SMILES string of the molecule is CC(NCC(O)CN(C)C)c1ccc(F)cn1. The first-order valence-corrected chi connectivity index (χ1v) is 5.66. The molecule has 0 aliphatic rings. The highest BCUT2D eigenvalue weighted by Crippen LogP contribution is 2.09.